The summed E-state index contributed by atoms with van der Waals surface area (Å²) in [5.41, 5.74) is 7.19. The number of oxime groups is 1. The molecule has 23 heavy (non-hydrogen) atoms. The summed E-state index contributed by atoms with van der Waals surface area (Å²) >= 11 is 8.49. The van der Waals surface area contributed by atoms with Crippen LogP contribution in [0, 0.1) is 0 Å². The van der Waals surface area contributed by atoms with E-state index in [2.05, 4.69) is 40.9 Å². The Kier molecular flexibility index (Phi) is 6.58. The molecule has 0 saturated heterocycles. The summed E-state index contributed by atoms with van der Waals surface area (Å²) in [6.07, 6.45) is 0. The van der Waals surface area contributed by atoms with Gasteiger partial charge in [0.2, 0.25) is 0 Å². The number of carbonyl (C=O) groups is 1. The van der Waals surface area contributed by atoms with Crippen molar-refractivity contribution in [2.45, 2.75) is 0 Å². The summed E-state index contributed by atoms with van der Waals surface area (Å²) in [6, 6.07) is 19.2. The molecule has 0 aliphatic rings. The summed E-state index contributed by atoms with van der Waals surface area (Å²) < 4.78 is 0.163. The van der Waals surface area contributed by atoms with Crippen LogP contribution >= 0.6 is 24.8 Å². The second-order valence-corrected chi connectivity index (χ2v) is 5.58. The number of rotatable bonds is 5. The summed E-state index contributed by atoms with van der Waals surface area (Å²) in [5, 5.41) is 4.11. The lowest BCUT2D eigenvalue weighted by atomic mass is 10.0. The zero-order chi connectivity index (χ0) is 16.5. The number of hydrazine groups is 1. The fourth-order valence-electron chi connectivity index (χ4n) is 1.78. The first kappa shape index (κ1) is 17.0. The molecule has 118 valence electrons. The van der Waals surface area contributed by atoms with Gasteiger partial charge in [0.15, 0.2) is 6.61 Å². The average molecular weight is 345 g/mol. The first-order valence-corrected chi connectivity index (χ1v) is 7.61. The number of hydrogen-bond acceptors (Lipinski definition) is 4. The van der Waals surface area contributed by atoms with Gasteiger partial charge in [-0.25, -0.2) is 0 Å². The van der Waals surface area contributed by atoms with Crippen molar-refractivity contribution < 1.29 is 9.63 Å². The highest BCUT2D eigenvalue weighted by atomic mass is 32.1. The Morgan fingerprint density at radius 3 is 2.00 bits per heavy atom. The van der Waals surface area contributed by atoms with Crippen LogP contribution in [0.5, 0.6) is 0 Å². The lowest BCUT2D eigenvalue weighted by Crippen LogP contribution is -2.40. The number of benzene rings is 2. The second kappa shape index (κ2) is 8.92. The van der Waals surface area contributed by atoms with Gasteiger partial charge in [-0.3, -0.25) is 15.6 Å². The van der Waals surface area contributed by atoms with Gasteiger partial charge in [0, 0.05) is 11.1 Å². The second-order valence-electron chi connectivity index (χ2n) is 4.42. The number of amides is 1. The molecule has 0 fully saturated rings. The van der Waals surface area contributed by atoms with Gasteiger partial charge in [0.05, 0.1) is 0 Å². The van der Waals surface area contributed by atoms with Crippen molar-refractivity contribution in [2.75, 3.05) is 6.61 Å². The molecule has 0 saturated carbocycles. The SMILES string of the molecule is O=C(CON=C(c1ccccc1)c1ccccc1)NNC(=S)S. The molecule has 7 heteroatoms. The van der Waals surface area contributed by atoms with Gasteiger partial charge in [-0.2, -0.15) is 0 Å². The summed E-state index contributed by atoms with van der Waals surface area (Å²) in [6.45, 7) is -0.243. The molecule has 2 N–H and O–H groups in total. The Balaban J connectivity index is 2.09. The molecule has 2 aromatic rings. The molecule has 0 radical (unpaired) electrons. The Morgan fingerprint density at radius 1 is 1.00 bits per heavy atom. The van der Waals surface area contributed by atoms with E-state index in [4.69, 9.17) is 4.84 Å². The summed E-state index contributed by atoms with van der Waals surface area (Å²) in [7, 11) is 0. The van der Waals surface area contributed by atoms with Gasteiger partial charge in [-0.1, -0.05) is 78.0 Å². The van der Waals surface area contributed by atoms with E-state index in [0.29, 0.717) is 5.71 Å². The monoisotopic (exact) mass is 345 g/mol. The van der Waals surface area contributed by atoms with Crippen LogP contribution < -0.4 is 10.9 Å². The molecule has 0 atom stereocenters. The average Bonchev–Trinajstić information content (AvgIpc) is 2.58. The highest BCUT2D eigenvalue weighted by molar-refractivity contribution is 8.11. The van der Waals surface area contributed by atoms with E-state index in [1.807, 2.05) is 60.7 Å². The standard InChI is InChI=1S/C16H15N3O2S2/c20-14(17-18-16(22)23)11-21-19-15(12-7-3-1-4-8-12)13-9-5-2-6-10-13/h1-10H,11H2,(H,17,20)(H2,18,22,23). The van der Waals surface area contributed by atoms with Crippen LogP contribution in [-0.4, -0.2) is 22.5 Å². The molecular weight excluding hydrogens is 330 g/mol. The van der Waals surface area contributed by atoms with Crippen LogP contribution in [0.4, 0.5) is 0 Å². The lowest BCUT2D eigenvalue weighted by Gasteiger charge is -2.08. The maximum atomic E-state index is 11.5. The van der Waals surface area contributed by atoms with E-state index < -0.39 is 5.91 Å². The fourth-order valence-corrected chi connectivity index (χ4v) is 1.89. The van der Waals surface area contributed by atoms with E-state index in [1.165, 1.54) is 0 Å². The summed E-state index contributed by atoms with van der Waals surface area (Å²) in [4.78, 5) is 16.7. The molecule has 0 heterocycles. The smallest absolute Gasteiger partial charge is 0.279 e. The van der Waals surface area contributed by atoms with Crippen molar-refractivity contribution in [3.05, 3.63) is 71.8 Å². The molecular formula is C16H15N3O2S2. The van der Waals surface area contributed by atoms with E-state index in [9.17, 15) is 4.79 Å². The van der Waals surface area contributed by atoms with Crippen LogP contribution in [0.3, 0.4) is 0 Å². The van der Waals surface area contributed by atoms with Crippen LogP contribution in [0.2, 0.25) is 0 Å². The molecule has 5 nitrogen and oxygen atoms in total. The molecule has 0 aromatic heterocycles. The predicted molar refractivity (Wildman–Crippen MR) is 97.3 cm³/mol. The highest BCUT2D eigenvalue weighted by Crippen LogP contribution is 2.11. The predicted octanol–water partition coefficient (Wildman–Crippen LogP) is 2.29. The van der Waals surface area contributed by atoms with Gasteiger partial charge in [-0.15, -0.1) is 12.6 Å². The first-order valence-electron chi connectivity index (χ1n) is 6.75. The van der Waals surface area contributed by atoms with Crippen molar-refractivity contribution in [3.63, 3.8) is 0 Å². The molecule has 0 unspecified atom stereocenters. The zero-order valence-electron chi connectivity index (χ0n) is 12.1. The number of carbonyl (C=O) groups excluding carboxylic acids is 1. The van der Waals surface area contributed by atoms with Crippen molar-refractivity contribution in [1.82, 2.24) is 10.9 Å². The van der Waals surface area contributed by atoms with Crippen LogP contribution in [0.1, 0.15) is 11.1 Å². The van der Waals surface area contributed by atoms with Gasteiger partial charge in [0.25, 0.3) is 5.91 Å². The lowest BCUT2D eigenvalue weighted by molar-refractivity contribution is -0.126. The van der Waals surface area contributed by atoms with E-state index in [-0.39, 0.29) is 10.9 Å². The van der Waals surface area contributed by atoms with Gasteiger partial charge < -0.3 is 4.84 Å². The van der Waals surface area contributed by atoms with Crippen LogP contribution in [0.15, 0.2) is 65.8 Å². The third-order valence-corrected chi connectivity index (χ3v) is 2.97. The number of hydrogen-bond donors (Lipinski definition) is 3. The maximum absolute atomic E-state index is 11.5. The Hall–Kier alpha value is -2.38. The minimum absolute atomic E-state index is 0.163. The first-order chi connectivity index (χ1) is 11.2. The number of nitrogens with one attached hydrogen (secondary N) is 2. The Bertz CT molecular complexity index is 649. The molecule has 2 rings (SSSR count). The largest absolute Gasteiger partial charge is 0.385 e. The molecule has 1 amide bonds. The van der Waals surface area contributed by atoms with Gasteiger partial charge in [0.1, 0.15) is 10.0 Å². The van der Waals surface area contributed by atoms with E-state index >= 15 is 0 Å². The van der Waals surface area contributed by atoms with Gasteiger partial charge in [-0.05, 0) is 0 Å². The van der Waals surface area contributed by atoms with Crippen molar-refractivity contribution in [3.8, 4) is 0 Å². The highest BCUT2D eigenvalue weighted by Gasteiger charge is 2.08. The summed E-state index contributed by atoms with van der Waals surface area (Å²) in [5.74, 6) is -0.411. The Morgan fingerprint density at radius 2 is 1.52 bits per heavy atom. The fraction of sp³-hybridized carbons (Fsp3) is 0.0625. The molecule has 0 aliphatic carbocycles. The van der Waals surface area contributed by atoms with Crippen LogP contribution in [0.25, 0.3) is 0 Å². The normalized spacial score (nSPS) is 9.61. The molecule has 0 bridgehead atoms. The minimum atomic E-state index is -0.411. The quantitative estimate of drug-likeness (QED) is 0.337. The number of thiol groups is 1. The van der Waals surface area contributed by atoms with E-state index in [1.54, 1.807) is 0 Å². The number of nitrogens with zero attached hydrogens (tertiary/aromatic N) is 1. The number of thiocarbonyl (C=S) groups is 1. The third kappa shape index (κ3) is 5.72. The minimum Gasteiger partial charge on any atom is -0.385 e. The topological polar surface area (TPSA) is 62.7 Å². The third-order valence-electron chi connectivity index (χ3n) is 2.75. The van der Waals surface area contributed by atoms with E-state index in [0.717, 1.165) is 11.1 Å². The Labute approximate surface area is 145 Å². The zero-order valence-corrected chi connectivity index (χ0v) is 13.8. The van der Waals surface area contributed by atoms with Crippen LogP contribution in [-0.2, 0) is 9.63 Å². The molecule has 2 aromatic carbocycles. The van der Waals surface area contributed by atoms with Crippen molar-refractivity contribution in [2.24, 2.45) is 5.16 Å². The maximum Gasteiger partial charge on any atom is 0.279 e. The molecule has 0 spiro atoms. The molecule has 0 aliphatic heterocycles. The van der Waals surface area contributed by atoms with Gasteiger partial charge >= 0.3 is 0 Å². The van der Waals surface area contributed by atoms with Crippen molar-refractivity contribution in [1.29, 1.82) is 0 Å². The van der Waals surface area contributed by atoms with Crippen molar-refractivity contribution >= 4 is 40.8 Å².